The van der Waals surface area contributed by atoms with Crippen LogP contribution < -0.4 is 14.8 Å². The molecule has 4 rings (SSSR count). The number of nitrogens with one attached hydrogen (secondary N) is 1. The van der Waals surface area contributed by atoms with Gasteiger partial charge in [-0.15, -0.1) is 10.2 Å². The molecule has 1 N–H and O–H groups in total. The zero-order valence-electron chi connectivity index (χ0n) is 13.7. The van der Waals surface area contributed by atoms with Gasteiger partial charge in [0.25, 0.3) is 5.22 Å². The Hall–Kier alpha value is -3.00. The summed E-state index contributed by atoms with van der Waals surface area (Å²) >= 11 is 1.20. The van der Waals surface area contributed by atoms with Crippen LogP contribution in [0.2, 0.25) is 0 Å². The molecule has 1 aromatic heterocycles. The number of aromatic nitrogens is 2. The average Bonchev–Trinajstić information content (AvgIpc) is 3.34. The molecule has 3 aromatic rings. The molecule has 7 nitrogen and oxygen atoms in total. The first-order chi connectivity index (χ1) is 12.8. The highest BCUT2D eigenvalue weighted by molar-refractivity contribution is 7.99. The van der Waals surface area contributed by atoms with Crippen LogP contribution in [-0.2, 0) is 11.3 Å². The summed E-state index contributed by atoms with van der Waals surface area (Å²) in [6.07, 6.45) is 0. The lowest BCUT2D eigenvalue weighted by Gasteiger charge is -2.03. The molecular weight excluding hydrogens is 354 g/mol. The van der Waals surface area contributed by atoms with Crippen molar-refractivity contribution in [2.75, 3.05) is 12.5 Å². The van der Waals surface area contributed by atoms with Crippen molar-refractivity contribution in [1.82, 2.24) is 15.5 Å². The molecule has 2 heterocycles. The fraction of sp³-hybridized carbons (Fsp3) is 0.167. The van der Waals surface area contributed by atoms with Gasteiger partial charge in [0.2, 0.25) is 18.6 Å². The van der Waals surface area contributed by atoms with E-state index in [0.29, 0.717) is 29.2 Å². The smallest absolute Gasteiger partial charge is 0.277 e. The molecule has 0 saturated carbocycles. The molecule has 1 aliphatic rings. The van der Waals surface area contributed by atoms with E-state index < -0.39 is 0 Å². The van der Waals surface area contributed by atoms with Crippen molar-refractivity contribution in [3.05, 3.63) is 54.1 Å². The van der Waals surface area contributed by atoms with Gasteiger partial charge < -0.3 is 19.2 Å². The second-order valence-corrected chi connectivity index (χ2v) is 6.42. The Morgan fingerprint density at radius 1 is 1.08 bits per heavy atom. The lowest BCUT2D eigenvalue weighted by molar-refractivity contribution is -0.118. The normalized spacial score (nSPS) is 12.2. The summed E-state index contributed by atoms with van der Waals surface area (Å²) in [7, 11) is 0. The molecule has 0 spiro atoms. The quantitative estimate of drug-likeness (QED) is 0.669. The maximum Gasteiger partial charge on any atom is 0.277 e. The first kappa shape index (κ1) is 16.5. The number of amides is 1. The number of carbonyl (C=O) groups is 1. The fourth-order valence-corrected chi connectivity index (χ4v) is 2.98. The van der Waals surface area contributed by atoms with E-state index in [1.807, 2.05) is 36.4 Å². The number of fused-ring (bicyclic) bond motifs is 1. The molecule has 0 unspecified atom stereocenters. The van der Waals surface area contributed by atoms with Crippen LogP contribution in [0.15, 0.2) is 58.2 Å². The first-order valence-electron chi connectivity index (χ1n) is 7.95. The topological polar surface area (TPSA) is 86.5 Å². The second kappa shape index (κ2) is 7.49. The number of ether oxygens (including phenoxy) is 2. The van der Waals surface area contributed by atoms with Crippen molar-refractivity contribution >= 4 is 17.7 Å². The lowest BCUT2D eigenvalue weighted by atomic mass is 10.2. The summed E-state index contributed by atoms with van der Waals surface area (Å²) in [6.45, 7) is 0.703. The van der Waals surface area contributed by atoms with Crippen molar-refractivity contribution in [3.8, 4) is 23.0 Å². The number of hydrogen-bond donors (Lipinski definition) is 1. The lowest BCUT2D eigenvalue weighted by Crippen LogP contribution is -2.24. The third-order valence-corrected chi connectivity index (χ3v) is 4.50. The van der Waals surface area contributed by atoms with Gasteiger partial charge in [-0.2, -0.15) is 0 Å². The van der Waals surface area contributed by atoms with E-state index in [2.05, 4.69) is 15.5 Å². The van der Waals surface area contributed by atoms with Crippen molar-refractivity contribution in [3.63, 3.8) is 0 Å². The van der Waals surface area contributed by atoms with E-state index in [1.54, 1.807) is 12.1 Å². The molecule has 8 heteroatoms. The highest BCUT2D eigenvalue weighted by atomic mass is 32.2. The van der Waals surface area contributed by atoms with Gasteiger partial charge in [-0.25, -0.2) is 0 Å². The van der Waals surface area contributed by atoms with Crippen LogP contribution in [0, 0.1) is 0 Å². The van der Waals surface area contributed by atoms with Crippen molar-refractivity contribution < 1.29 is 18.7 Å². The minimum atomic E-state index is -0.0957. The zero-order valence-corrected chi connectivity index (χ0v) is 14.5. The van der Waals surface area contributed by atoms with Crippen molar-refractivity contribution in [1.29, 1.82) is 0 Å². The van der Waals surface area contributed by atoms with Gasteiger partial charge in [0.1, 0.15) is 0 Å². The van der Waals surface area contributed by atoms with E-state index in [4.69, 9.17) is 13.9 Å². The highest BCUT2D eigenvalue weighted by Crippen LogP contribution is 2.35. The van der Waals surface area contributed by atoms with Gasteiger partial charge >= 0.3 is 0 Å². The molecule has 2 aromatic carbocycles. The van der Waals surface area contributed by atoms with Crippen molar-refractivity contribution in [2.24, 2.45) is 0 Å². The largest absolute Gasteiger partial charge is 0.454 e. The van der Waals surface area contributed by atoms with Crippen LogP contribution in [0.25, 0.3) is 11.5 Å². The molecule has 0 saturated heterocycles. The van der Waals surface area contributed by atoms with E-state index >= 15 is 0 Å². The molecule has 26 heavy (non-hydrogen) atoms. The first-order valence-corrected chi connectivity index (χ1v) is 8.93. The van der Waals surface area contributed by atoms with E-state index in [1.165, 1.54) is 11.8 Å². The standard InChI is InChI=1S/C18H15N3O4S/c22-16(19-9-12-4-2-1-3-5-12)10-26-18-21-20-17(25-18)13-6-7-14-15(8-13)24-11-23-14/h1-8H,9-11H2,(H,19,22). The van der Waals surface area contributed by atoms with Crippen LogP contribution in [0.1, 0.15) is 5.56 Å². The number of carbonyl (C=O) groups excluding carboxylic acids is 1. The Labute approximate surface area is 153 Å². The molecule has 0 radical (unpaired) electrons. The summed E-state index contributed by atoms with van der Waals surface area (Å²) < 4.78 is 16.2. The van der Waals surface area contributed by atoms with Gasteiger partial charge in [-0.05, 0) is 23.8 Å². The average molecular weight is 369 g/mol. The highest BCUT2D eigenvalue weighted by Gasteiger charge is 2.17. The number of nitrogens with zero attached hydrogens (tertiary/aromatic N) is 2. The van der Waals surface area contributed by atoms with E-state index in [-0.39, 0.29) is 18.5 Å². The summed E-state index contributed by atoms with van der Waals surface area (Å²) in [4.78, 5) is 11.9. The maximum atomic E-state index is 11.9. The predicted octanol–water partition coefficient (Wildman–Crippen LogP) is 2.87. The third kappa shape index (κ3) is 3.80. The minimum absolute atomic E-state index is 0.0957. The van der Waals surface area contributed by atoms with Gasteiger partial charge in [0, 0.05) is 12.1 Å². The minimum Gasteiger partial charge on any atom is -0.454 e. The zero-order chi connectivity index (χ0) is 17.8. The van der Waals surface area contributed by atoms with Crippen LogP contribution in [0.5, 0.6) is 11.5 Å². The van der Waals surface area contributed by atoms with Crippen LogP contribution >= 0.6 is 11.8 Å². The molecule has 132 valence electrons. The summed E-state index contributed by atoms with van der Waals surface area (Å²) in [5.74, 6) is 1.82. The van der Waals surface area contributed by atoms with Crippen LogP contribution in [0.4, 0.5) is 0 Å². The Bertz CT molecular complexity index is 914. The van der Waals surface area contributed by atoms with Gasteiger partial charge in [-0.3, -0.25) is 4.79 Å². The fourth-order valence-electron chi connectivity index (χ4n) is 2.39. The number of benzene rings is 2. The van der Waals surface area contributed by atoms with Gasteiger partial charge in [0.05, 0.1) is 5.75 Å². The SMILES string of the molecule is O=C(CSc1nnc(-c2ccc3c(c2)OCO3)o1)NCc1ccccc1. The molecule has 0 atom stereocenters. The Kier molecular flexibility index (Phi) is 4.74. The van der Waals surface area contributed by atoms with Crippen LogP contribution in [-0.4, -0.2) is 28.7 Å². The van der Waals surface area contributed by atoms with E-state index in [9.17, 15) is 4.79 Å². The Morgan fingerprint density at radius 2 is 1.92 bits per heavy atom. The van der Waals surface area contributed by atoms with E-state index in [0.717, 1.165) is 11.1 Å². The predicted molar refractivity (Wildman–Crippen MR) is 94.9 cm³/mol. The molecule has 0 aliphatic carbocycles. The molecule has 1 aliphatic heterocycles. The van der Waals surface area contributed by atoms with Gasteiger partial charge in [-0.1, -0.05) is 42.1 Å². The van der Waals surface area contributed by atoms with Crippen LogP contribution in [0.3, 0.4) is 0 Å². The Balaban J connectivity index is 1.31. The number of hydrogen-bond acceptors (Lipinski definition) is 7. The monoisotopic (exact) mass is 369 g/mol. The number of rotatable bonds is 6. The van der Waals surface area contributed by atoms with Gasteiger partial charge in [0.15, 0.2) is 11.5 Å². The molecule has 1 amide bonds. The molecule has 0 bridgehead atoms. The Morgan fingerprint density at radius 3 is 2.81 bits per heavy atom. The summed E-state index contributed by atoms with van der Waals surface area (Å²) in [5.41, 5.74) is 1.79. The molecule has 0 fully saturated rings. The summed E-state index contributed by atoms with van der Waals surface area (Å²) in [5, 5.41) is 11.2. The molecular formula is C18H15N3O4S. The second-order valence-electron chi connectivity index (χ2n) is 5.49. The maximum absolute atomic E-state index is 11.9. The van der Waals surface area contributed by atoms with Crippen molar-refractivity contribution in [2.45, 2.75) is 11.8 Å². The summed E-state index contributed by atoms with van der Waals surface area (Å²) in [6, 6.07) is 15.1. The number of thioether (sulfide) groups is 1. The third-order valence-electron chi connectivity index (χ3n) is 3.69.